The maximum absolute atomic E-state index is 13.5. The molecule has 1 atom stereocenters. The van der Waals surface area contributed by atoms with Crippen molar-refractivity contribution in [2.45, 2.75) is 39.3 Å². The molecule has 0 spiro atoms. The lowest BCUT2D eigenvalue weighted by Gasteiger charge is -2.29. The predicted octanol–water partition coefficient (Wildman–Crippen LogP) is 4.03. The molecule has 1 heterocycles. The maximum atomic E-state index is 13.5. The first-order chi connectivity index (χ1) is 14.1. The van der Waals surface area contributed by atoms with Gasteiger partial charge in [-0.1, -0.05) is 35.5 Å². The van der Waals surface area contributed by atoms with Crippen molar-refractivity contribution in [3.05, 3.63) is 71.5 Å². The number of amides is 1. The molecule has 150 valence electrons. The van der Waals surface area contributed by atoms with Crippen molar-refractivity contribution >= 4 is 5.91 Å². The molecule has 0 N–H and O–H groups in total. The normalized spacial score (nSPS) is 14.4. The first-order valence-electron chi connectivity index (χ1n) is 10.00. The van der Waals surface area contributed by atoms with Crippen LogP contribution in [0.25, 0.3) is 5.69 Å². The molecule has 29 heavy (non-hydrogen) atoms. The van der Waals surface area contributed by atoms with E-state index in [0.717, 1.165) is 22.7 Å². The second kappa shape index (κ2) is 8.07. The number of methoxy groups -OCH3 is 1. The SMILES string of the molecule is COc1ccc(-n2nnc(C(=O)N(Cc3ccccc3)C(C)C3CC3)c2C)cc1. The molecule has 0 aliphatic heterocycles. The van der Waals surface area contributed by atoms with Gasteiger partial charge in [-0.15, -0.1) is 5.10 Å². The van der Waals surface area contributed by atoms with Gasteiger partial charge in [0.1, 0.15) is 5.75 Å². The summed E-state index contributed by atoms with van der Waals surface area (Å²) < 4.78 is 6.92. The van der Waals surface area contributed by atoms with Crippen LogP contribution in [0.4, 0.5) is 0 Å². The van der Waals surface area contributed by atoms with Gasteiger partial charge in [-0.05, 0) is 62.4 Å². The number of benzene rings is 2. The Morgan fingerprint density at radius 3 is 2.48 bits per heavy atom. The molecule has 2 aromatic carbocycles. The van der Waals surface area contributed by atoms with E-state index in [1.807, 2.05) is 54.3 Å². The predicted molar refractivity (Wildman–Crippen MR) is 111 cm³/mol. The molecule has 3 aromatic rings. The van der Waals surface area contributed by atoms with Crippen LogP contribution in [0, 0.1) is 12.8 Å². The molecule has 1 unspecified atom stereocenters. The Kier molecular flexibility index (Phi) is 5.34. The summed E-state index contributed by atoms with van der Waals surface area (Å²) in [6.45, 7) is 4.61. The van der Waals surface area contributed by atoms with Gasteiger partial charge in [0.15, 0.2) is 5.69 Å². The molecule has 1 aliphatic rings. The third-order valence-electron chi connectivity index (χ3n) is 5.67. The van der Waals surface area contributed by atoms with Crippen LogP contribution in [0.2, 0.25) is 0 Å². The van der Waals surface area contributed by atoms with Crippen molar-refractivity contribution < 1.29 is 9.53 Å². The second-order valence-corrected chi connectivity index (χ2v) is 7.63. The summed E-state index contributed by atoms with van der Waals surface area (Å²) in [5.74, 6) is 1.28. The van der Waals surface area contributed by atoms with E-state index in [2.05, 4.69) is 29.4 Å². The van der Waals surface area contributed by atoms with Crippen LogP contribution in [-0.2, 0) is 6.54 Å². The summed E-state index contributed by atoms with van der Waals surface area (Å²) in [7, 11) is 1.63. The first-order valence-corrected chi connectivity index (χ1v) is 10.00. The van der Waals surface area contributed by atoms with Crippen LogP contribution in [-0.4, -0.2) is 39.0 Å². The van der Waals surface area contributed by atoms with Gasteiger partial charge >= 0.3 is 0 Å². The zero-order valence-corrected chi connectivity index (χ0v) is 17.1. The van der Waals surface area contributed by atoms with Crippen LogP contribution in [0.15, 0.2) is 54.6 Å². The number of carbonyl (C=O) groups excluding carboxylic acids is 1. The number of ether oxygens (including phenoxy) is 1. The van der Waals surface area contributed by atoms with E-state index in [1.165, 1.54) is 12.8 Å². The molecule has 1 saturated carbocycles. The van der Waals surface area contributed by atoms with Crippen molar-refractivity contribution in [2.24, 2.45) is 5.92 Å². The van der Waals surface area contributed by atoms with E-state index in [4.69, 9.17) is 4.74 Å². The summed E-state index contributed by atoms with van der Waals surface area (Å²) in [4.78, 5) is 15.4. The van der Waals surface area contributed by atoms with Gasteiger partial charge in [0, 0.05) is 12.6 Å². The van der Waals surface area contributed by atoms with Crippen molar-refractivity contribution in [1.29, 1.82) is 0 Å². The molecule has 0 radical (unpaired) electrons. The van der Waals surface area contributed by atoms with E-state index < -0.39 is 0 Å². The molecular formula is C23H26N4O2. The molecule has 4 rings (SSSR count). The Balaban J connectivity index is 1.62. The lowest BCUT2D eigenvalue weighted by atomic mass is 10.1. The molecule has 6 nitrogen and oxygen atoms in total. The summed E-state index contributed by atoms with van der Waals surface area (Å²) in [6.07, 6.45) is 2.36. The molecule has 1 aliphatic carbocycles. The zero-order valence-electron chi connectivity index (χ0n) is 17.1. The van der Waals surface area contributed by atoms with Crippen LogP contribution in [0.3, 0.4) is 0 Å². The maximum Gasteiger partial charge on any atom is 0.276 e. The quantitative estimate of drug-likeness (QED) is 0.611. The Labute approximate surface area is 171 Å². The van der Waals surface area contributed by atoms with Gasteiger partial charge in [-0.25, -0.2) is 4.68 Å². The average molecular weight is 390 g/mol. The molecule has 0 saturated heterocycles. The number of nitrogens with zero attached hydrogens (tertiary/aromatic N) is 4. The van der Waals surface area contributed by atoms with Gasteiger partial charge < -0.3 is 9.64 Å². The molecular weight excluding hydrogens is 364 g/mol. The van der Waals surface area contributed by atoms with Crippen molar-refractivity contribution in [2.75, 3.05) is 7.11 Å². The third kappa shape index (κ3) is 4.01. The largest absolute Gasteiger partial charge is 0.497 e. The van der Waals surface area contributed by atoms with Crippen molar-refractivity contribution in [3.63, 3.8) is 0 Å². The number of aromatic nitrogens is 3. The van der Waals surface area contributed by atoms with Gasteiger partial charge in [0.25, 0.3) is 5.91 Å². The van der Waals surface area contributed by atoms with Gasteiger partial charge in [0.05, 0.1) is 18.5 Å². The smallest absolute Gasteiger partial charge is 0.276 e. The highest BCUT2D eigenvalue weighted by molar-refractivity contribution is 5.93. The molecule has 1 amide bonds. The lowest BCUT2D eigenvalue weighted by Crippen LogP contribution is -2.40. The highest BCUT2D eigenvalue weighted by Crippen LogP contribution is 2.36. The van der Waals surface area contributed by atoms with Crippen molar-refractivity contribution in [3.8, 4) is 11.4 Å². The highest BCUT2D eigenvalue weighted by Gasteiger charge is 2.36. The Bertz CT molecular complexity index is 978. The van der Waals surface area contributed by atoms with Gasteiger partial charge in [-0.2, -0.15) is 0 Å². The van der Waals surface area contributed by atoms with E-state index in [-0.39, 0.29) is 11.9 Å². The molecule has 1 aromatic heterocycles. The van der Waals surface area contributed by atoms with E-state index in [0.29, 0.717) is 18.2 Å². The lowest BCUT2D eigenvalue weighted by molar-refractivity contribution is 0.0647. The summed E-state index contributed by atoms with van der Waals surface area (Å²) in [5, 5.41) is 8.50. The topological polar surface area (TPSA) is 60.2 Å². The second-order valence-electron chi connectivity index (χ2n) is 7.63. The standard InChI is InChI=1S/C23H26N4O2/c1-16(19-9-10-19)26(15-18-7-5-4-6-8-18)23(28)22-17(2)27(25-24-22)20-11-13-21(29-3)14-12-20/h4-8,11-14,16,19H,9-10,15H2,1-3H3. The van der Waals surface area contributed by atoms with Gasteiger partial charge in [0.2, 0.25) is 0 Å². The summed E-state index contributed by atoms with van der Waals surface area (Å²) in [5.41, 5.74) is 3.11. The highest BCUT2D eigenvalue weighted by atomic mass is 16.5. The third-order valence-corrected chi connectivity index (χ3v) is 5.67. The zero-order chi connectivity index (χ0) is 20.4. The molecule has 6 heteroatoms. The molecule has 1 fully saturated rings. The minimum absolute atomic E-state index is 0.0643. The minimum atomic E-state index is -0.0643. The molecule has 0 bridgehead atoms. The number of hydrogen-bond acceptors (Lipinski definition) is 4. The van der Waals surface area contributed by atoms with Gasteiger partial charge in [-0.3, -0.25) is 4.79 Å². The summed E-state index contributed by atoms with van der Waals surface area (Å²) in [6, 6.07) is 17.8. The Morgan fingerprint density at radius 1 is 1.17 bits per heavy atom. The number of carbonyl (C=O) groups is 1. The van der Waals surface area contributed by atoms with Crippen LogP contribution >= 0.6 is 0 Å². The fourth-order valence-corrected chi connectivity index (χ4v) is 3.65. The van der Waals surface area contributed by atoms with E-state index >= 15 is 0 Å². The van der Waals surface area contributed by atoms with Crippen LogP contribution in [0.5, 0.6) is 5.75 Å². The fraction of sp³-hybridized carbons (Fsp3) is 0.348. The monoisotopic (exact) mass is 390 g/mol. The Morgan fingerprint density at radius 2 is 1.86 bits per heavy atom. The van der Waals surface area contributed by atoms with E-state index in [1.54, 1.807) is 11.8 Å². The number of rotatable bonds is 7. The van der Waals surface area contributed by atoms with Crippen molar-refractivity contribution in [1.82, 2.24) is 19.9 Å². The van der Waals surface area contributed by atoms with Crippen LogP contribution in [0.1, 0.15) is 41.5 Å². The number of hydrogen-bond donors (Lipinski definition) is 0. The Hall–Kier alpha value is -3.15. The minimum Gasteiger partial charge on any atom is -0.497 e. The van der Waals surface area contributed by atoms with E-state index in [9.17, 15) is 4.79 Å². The summed E-state index contributed by atoms with van der Waals surface area (Å²) >= 11 is 0. The fourth-order valence-electron chi connectivity index (χ4n) is 3.65. The first kappa shape index (κ1) is 19.2. The van der Waals surface area contributed by atoms with Crippen LogP contribution < -0.4 is 4.74 Å². The average Bonchev–Trinajstić information content (AvgIpc) is 3.54.